The molecule has 0 unspecified atom stereocenters. The smallest absolute Gasteiger partial charge is 0.341 e. The minimum Gasteiger partial charge on any atom is -0.484 e. The molecule has 0 aliphatic heterocycles. The summed E-state index contributed by atoms with van der Waals surface area (Å²) in [5.41, 5.74) is 1.38. The van der Waals surface area contributed by atoms with Gasteiger partial charge in [-0.25, -0.2) is 9.18 Å². The molecule has 38 heavy (non-hydrogen) atoms. The number of methoxy groups -OCH3 is 1. The molecule has 0 saturated carbocycles. The van der Waals surface area contributed by atoms with Crippen LogP contribution in [-0.4, -0.2) is 39.5 Å². The third-order valence-corrected chi connectivity index (χ3v) is 7.69. The quantitative estimate of drug-likeness (QED) is 0.164. The Balaban J connectivity index is 1.43. The lowest BCUT2D eigenvalue weighted by Gasteiger charge is -2.10. The van der Waals surface area contributed by atoms with Crippen molar-refractivity contribution in [2.75, 3.05) is 18.2 Å². The van der Waals surface area contributed by atoms with Gasteiger partial charge in [0.2, 0.25) is 5.91 Å². The second-order valence-electron chi connectivity index (χ2n) is 7.70. The van der Waals surface area contributed by atoms with Gasteiger partial charge >= 0.3 is 5.97 Å². The van der Waals surface area contributed by atoms with Crippen LogP contribution in [0.3, 0.4) is 0 Å². The van der Waals surface area contributed by atoms with Gasteiger partial charge in [0.05, 0.1) is 17.9 Å². The number of amides is 1. The second kappa shape index (κ2) is 12.6. The summed E-state index contributed by atoms with van der Waals surface area (Å²) in [7, 11) is 1.26. The number of rotatable bonds is 10. The van der Waals surface area contributed by atoms with Crippen LogP contribution in [0.4, 0.5) is 9.39 Å². The van der Waals surface area contributed by atoms with E-state index in [1.165, 1.54) is 42.3 Å². The number of aromatic nitrogens is 3. The van der Waals surface area contributed by atoms with Crippen LogP contribution in [-0.2, 0) is 22.7 Å². The normalized spacial score (nSPS) is 10.9. The van der Waals surface area contributed by atoms with Crippen LogP contribution in [0.2, 0.25) is 10.0 Å². The van der Waals surface area contributed by atoms with E-state index >= 15 is 0 Å². The molecule has 0 radical (unpaired) electrons. The van der Waals surface area contributed by atoms with Crippen molar-refractivity contribution in [2.45, 2.75) is 25.2 Å². The van der Waals surface area contributed by atoms with Crippen molar-refractivity contribution in [1.29, 1.82) is 0 Å². The summed E-state index contributed by atoms with van der Waals surface area (Å²) in [5.74, 6) is -0.344. The number of benzene rings is 2. The van der Waals surface area contributed by atoms with E-state index < -0.39 is 11.8 Å². The number of nitrogens with one attached hydrogen (secondary N) is 1. The summed E-state index contributed by atoms with van der Waals surface area (Å²) in [6.07, 6.45) is 0. The van der Waals surface area contributed by atoms with Crippen LogP contribution in [0.15, 0.2) is 53.0 Å². The van der Waals surface area contributed by atoms with Crippen LogP contribution in [0.1, 0.15) is 23.1 Å². The van der Waals surface area contributed by atoms with Gasteiger partial charge in [0.1, 0.15) is 28.7 Å². The number of carbonyl (C=O) groups excluding carboxylic acids is 2. The van der Waals surface area contributed by atoms with Crippen LogP contribution in [0.5, 0.6) is 5.75 Å². The van der Waals surface area contributed by atoms with Crippen molar-refractivity contribution in [3.8, 4) is 16.9 Å². The zero-order valence-electron chi connectivity index (χ0n) is 20.2. The lowest BCUT2D eigenvalue weighted by molar-refractivity contribution is -0.113. The minimum absolute atomic E-state index is 0.0174. The van der Waals surface area contributed by atoms with Crippen LogP contribution >= 0.6 is 46.3 Å². The molecule has 0 aliphatic rings. The highest BCUT2D eigenvalue weighted by molar-refractivity contribution is 7.99. The molecule has 0 aliphatic carbocycles. The molecule has 8 nitrogen and oxygen atoms in total. The third kappa shape index (κ3) is 6.47. The fourth-order valence-corrected chi connectivity index (χ4v) is 5.60. The Bertz CT molecular complexity index is 1460. The van der Waals surface area contributed by atoms with Crippen molar-refractivity contribution in [2.24, 2.45) is 0 Å². The van der Waals surface area contributed by atoms with Gasteiger partial charge in [0, 0.05) is 28.6 Å². The minimum atomic E-state index is -0.608. The van der Waals surface area contributed by atoms with Gasteiger partial charge in [-0.1, -0.05) is 47.1 Å². The fraction of sp³-hybridized carbons (Fsp3) is 0.200. The molecule has 1 amide bonds. The molecule has 4 rings (SSSR count). The average Bonchev–Trinajstić information content (AvgIpc) is 3.51. The van der Waals surface area contributed by atoms with Crippen LogP contribution in [0.25, 0.3) is 11.1 Å². The van der Waals surface area contributed by atoms with Gasteiger partial charge in [-0.15, -0.1) is 21.5 Å². The number of thiophene rings is 1. The summed E-state index contributed by atoms with van der Waals surface area (Å²) < 4.78 is 25.9. The molecule has 0 saturated heterocycles. The summed E-state index contributed by atoms with van der Waals surface area (Å²) >= 11 is 14.5. The Kier molecular flexibility index (Phi) is 9.26. The number of thioether (sulfide) groups is 1. The predicted molar refractivity (Wildman–Crippen MR) is 147 cm³/mol. The van der Waals surface area contributed by atoms with Crippen molar-refractivity contribution in [3.63, 3.8) is 0 Å². The molecular formula is C25H21Cl2FN4O4S2. The molecule has 2 heterocycles. The maximum absolute atomic E-state index is 13.4. The van der Waals surface area contributed by atoms with Gasteiger partial charge in [0.15, 0.2) is 11.0 Å². The Hall–Kier alpha value is -3.12. The van der Waals surface area contributed by atoms with Crippen molar-refractivity contribution in [1.82, 2.24) is 14.8 Å². The first kappa shape index (κ1) is 27.9. The number of hydrogen-bond donors (Lipinski definition) is 1. The molecule has 0 spiro atoms. The monoisotopic (exact) mass is 594 g/mol. The molecule has 0 atom stereocenters. The first-order chi connectivity index (χ1) is 18.3. The molecular weight excluding hydrogens is 574 g/mol. The Labute approximate surface area is 236 Å². The molecule has 198 valence electrons. The number of esters is 1. The lowest BCUT2D eigenvalue weighted by atomic mass is 10.0. The van der Waals surface area contributed by atoms with Crippen molar-refractivity contribution in [3.05, 3.63) is 75.1 Å². The van der Waals surface area contributed by atoms with Gasteiger partial charge in [0.25, 0.3) is 0 Å². The van der Waals surface area contributed by atoms with Crippen LogP contribution in [0, 0.1) is 5.82 Å². The molecule has 2 aromatic heterocycles. The molecule has 4 aromatic rings. The number of anilines is 1. The van der Waals surface area contributed by atoms with Crippen LogP contribution < -0.4 is 10.1 Å². The summed E-state index contributed by atoms with van der Waals surface area (Å²) in [6.45, 7) is 2.59. The highest BCUT2D eigenvalue weighted by Crippen LogP contribution is 2.36. The van der Waals surface area contributed by atoms with E-state index in [1.54, 1.807) is 35.7 Å². The average molecular weight is 596 g/mol. The summed E-state index contributed by atoms with van der Waals surface area (Å²) in [4.78, 5) is 25.3. The maximum atomic E-state index is 13.4. The number of halogens is 3. The van der Waals surface area contributed by atoms with E-state index in [0.29, 0.717) is 49.4 Å². The zero-order chi connectivity index (χ0) is 27.2. The fourth-order valence-electron chi connectivity index (χ4n) is 3.47. The van der Waals surface area contributed by atoms with Gasteiger partial charge in [-0.3, -0.25) is 4.79 Å². The molecule has 0 bridgehead atoms. The largest absolute Gasteiger partial charge is 0.484 e. The summed E-state index contributed by atoms with van der Waals surface area (Å²) in [6, 6.07) is 10.6. The molecule has 1 N–H and O–H groups in total. The molecule has 0 fully saturated rings. The van der Waals surface area contributed by atoms with E-state index in [-0.39, 0.29) is 23.8 Å². The van der Waals surface area contributed by atoms with E-state index in [2.05, 4.69) is 15.5 Å². The number of carbonyl (C=O) groups is 2. The Morgan fingerprint density at radius 1 is 1.16 bits per heavy atom. The van der Waals surface area contributed by atoms with E-state index in [9.17, 15) is 14.0 Å². The predicted octanol–water partition coefficient (Wildman–Crippen LogP) is 6.57. The Morgan fingerprint density at radius 3 is 2.63 bits per heavy atom. The molecule has 13 heteroatoms. The first-order valence-corrected chi connectivity index (χ1v) is 13.8. The van der Waals surface area contributed by atoms with Gasteiger partial charge in [-0.2, -0.15) is 0 Å². The van der Waals surface area contributed by atoms with Crippen molar-refractivity contribution < 1.29 is 23.5 Å². The molecule has 2 aromatic carbocycles. The lowest BCUT2D eigenvalue weighted by Crippen LogP contribution is -2.16. The number of ether oxygens (including phenoxy) is 2. The third-order valence-electron chi connectivity index (χ3n) is 5.28. The standard InChI is InChI=1S/C25H21Cl2FN4O4S2/c1-3-32-20(11-36-19-10-15(26)6-9-18(19)27)30-31-25(32)38-13-21(33)29-23-22(24(34)35-2)17(12-37-23)14-4-7-16(28)8-5-14/h4-10,12H,3,11,13H2,1-2H3,(H,29,33). The van der Waals surface area contributed by atoms with Gasteiger partial charge < -0.3 is 19.4 Å². The zero-order valence-corrected chi connectivity index (χ0v) is 23.3. The highest BCUT2D eigenvalue weighted by atomic mass is 35.5. The van der Waals surface area contributed by atoms with E-state index in [4.69, 9.17) is 32.7 Å². The SMILES string of the molecule is CCn1c(COc2cc(Cl)ccc2Cl)nnc1SCC(=O)Nc1scc(-c2ccc(F)cc2)c1C(=O)OC. The number of hydrogen-bond acceptors (Lipinski definition) is 8. The van der Waals surface area contributed by atoms with E-state index in [0.717, 1.165) is 0 Å². The Morgan fingerprint density at radius 2 is 1.92 bits per heavy atom. The maximum Gasteiger partial charge on any atom is 0.341 e. The first-order valence-electron chi connectivity index (χ1n) is 11.2. The highest BCUT2D eigenvalue weighted by Gasteiger charge is 2.23. The van der Waals surface area contributed by atoms with E-state index in [1.807, 2.05) is 11.5 Å². The number of nitrogens with zero attached hydrogens (tertiary/aromatic N) is 3. The topological polar surface area (TPSA) is 95.3 Å². The van der Waals surface area contributed by atoms with Gasteiger partial charge in [-0.05, 0) is 36.8 Å². The van der Waals surface area contributed by atoms with Crippen molar-refractivity contribution >= 4 is 63.2 Å². The second-order valence-corrected chi connectivity index (χ2v) is 10.4. The summed E-state index contributed by atoms with van der Waals surface area (Å²) in [5, 5.41) is 14.6.